The highest BCUT2D eigenvalue weighted by Crippen LogP contribution is 2.33. The number of hydrogen-bond acceptors (Lipinski definition) is 2. The Balaban J connectivity index is 2.50. The fourth-order valence-electron chi connectivity index (χ4n) is 2.14. The van der Waals surface area contributed by atoms with Gasteiger partial charge in [0.2, 0.25) is 0 Å². The summed E-state index contributed by atoms with van der Waals surface area (Å²) < 4.78 is 19.0. The highest BCUT2D eigenvalue weighted by molar-refractivity contribution is 5.45. The summed E-state index contributed by atoms with van der Waals surface area (Å²) in [5, 5.41) is 0. The molecule has 100 valence electrons. The Kier molecular flexibility index (Phi) is 3.86. The summed E-state index contributed by atoms with van der Waals surface area (Å²) in [6, 6.07) is 14.0. The van der Waals surface area contributed by atoms with Gasteiger partial charge in [-0.05, 0) is 37.6 Å². The monoisotopic (exact) mass is 259 g/mol. The highest BCUT2D eigenvalue weighted by Gasteiger charge is 2.27. The van der Waals surface area contributed by atoms with Crippen LogP contribution < -0.4 is 10.5 Å². The molecule has 3 heteroatoms. The molecule has 0 radical (unpaired) electrons. The van der Waals surface area contributed by atoms with Crippen LogP contribution in [0.3, 0.4) is 0 Å². The van der Waals surface area contributed by atoms with Gasteiger partial charge in [-0.25, -0.2) is 4.39 Å². The maximum Gasteiger partial charge on any atom is 0.124 e. The second kappa shape index (κ2) is 5.41. The number of nitrogens with two attached hydrogens (primary N) is 1. The minimum atomic E-state index is -0.798. The normalized spacial score (nSPS) is 13.9. The molecule has 1 atom stereocenters. The molecule has 0 fully saturated rings. The molecule has 2 aromatic rings. The first-order valence-corrected chi connectivity index (χ1v) is 6.33. The molecule has 2 N–H and O–H groups in total. The third kappa shape index (κ3) is 2.76. The zero-order chi connectivity index (χ0) is 13.9. The average Bonchev–Trinajstić information content (AvgIpc) is 2.39. The lowest BCUT2D eigenvalue weighted by atomic mass is 9.85. The van der Waals surface area contributed by atoms with Gasteiger partial charge in [0, 0.05) is 5.56 Å². The summed E-state index contributed by atoms with van der Waals surface area (Å²) in [6.45, 7) is 4.35. The van der Waals surface area contributed by atoms with Crippen LogP contribution in [0.4, 0.5) is 4.39 Å². The van der Waals surface area contributed by atoms with Crippen molar-refractivity contribution in [2.24, 2.45) is 5.73 Å². The molecule has 0 spiro atoms. The molecule has 2 aromatic carbocycles. The van der Waals surface area contributed by atoms with Gasteiger partial charge in [0.25, 0.3) is 0 Å². The van der Waals surface area contributed by atoms with Crippen LogP contribution in [0.1, 0.15) is 25.0 Å². The lowest BCUT2D eigenvalue weighted by molar-refractivity contribution is 0.330. The van der Waals surface area contributed by atoms with Gasteiger partial charge in [-0.15, -0.1) is 0 Å². The number of ether oxygens (including phenoxy) is 1. The zero-order valence-corrected chi connectivity index (χ0v) is 11.2. The van der Waals surface area contributed by atoms with Crippen LogP contribution in [-0.2, 0) is 5.54 Å². The highest BCUT2D eigenvalue weighted by atomic mass is 19.1. The molecule has 1 unspecified atom stereocenters. The Hall–Kier alpha value is -1.87. The van der Waals surface area contributed by atoms with Crippen molar-refractivity contribution >= 4 is 0 Å². The van der Waals surface area contributed by atoms with Gasteiger partial charge in [-0.3, -0.25) is 0 Å². The van der Waals surface area contributed by atoms with Gasteiger partial charge < -0.3 is 10.5 Å². The Bertz CT molecular complexity index is 566. The third-order valence-corrected chi connectivity index (χ3v) is 3.17. The summed E-state index contributed by atoms with van der Waals surface area (Å²) in [5.41, 5.74) is 7.19. The summed E-state index contributed by atoms with van der Waals surface area (Å²) in [7, 11) is 0. The SMILES string of the molecule is CCOc1ccccc1C(C)(N)c1cccc(F)c1. The van der Waals surface area contributed by atoms with Crippen molar-refractivity contribution in [2.45, 2.75) is 19.4 Å². The predicted molar refractivity (Wildman–Crippen MR) is 74.7 cm³/mol. The number of para-hydroxylation sites is 1. The van der Waals surface area contributed by atoms with Crippen LogP contribution in [0, 0.1) is 5.82 Å². The molecule has 0 heterocycles. The van der Waals surface area contributed by atoms with E-state index in [9.17, 15) is 4.39 Å². The summed E-state index contributed by atoms with van der Waals surface area (Å²) in [6.07, 6.45) is 0. The van der Waals surface area contributed by atoms with Gasteiger partial charge >= 0.3 is 0 Å². The van der Waals surface area contributed by atoms with E-state index in [0.717, 1.165) is 16.9 Å². The molecule has 0 aliphatic rings. The first kappa shape index (κ1) is 13.6. The van der Waals surface area contributed by atoms with E-state index >= 15 is 0 Å². The van der Waals surface area contributed by atoms with Crippen molar-refractivity contribution in [2.75, 3.05) is 6.61 Å². The molecular formula is C16H18FNO. The second-order valence-corrected chi connectivity index (χ2v) is 4.64. The molecule has 0 bridgehead atoms. The molecule has 0 amide bonds. The van der Waals surface area contributed by atoms with Gasteiger partial charge in [-0.2, -0.15) is 0 Å². The smallest absolute Gasteiger partial charge is 0.124 e. The van der Waals surface area contributed by atoms with E-state index in [1.165, 1.54) is 12.1 Å². The molecule has 2 nitrogen and oxygen atoms in total. The first-order valence-electron chi connectivity index (χ1n) is 6.33. The molecule has 2 rings (SSSR count). The van der Waals surface area contributed by atoms with E-state index in [1.807, 2.05) is 44.2 Å². The average molecular weight is 259 g/mol. The van der Waals surface area contributed by atoms with Crippen molar-refractivity contribution in [1.29, 1.82) is 0 Å². The van der Waals surface area contributed by atoms with Crippen molar-refractivity contribution in [3.63, 3.8) is 0 Å². The number of rotatable bonds is 4. The van der Waals surface area contributed by atoms with Crippen LogP contribution in [0.2, 0.25) is 0 Å². The van der Waals surface area contributed by atoms with Crippen molar-refractivity contribution < 1.29 is 9.13 Å². The molecule has 0 saturated heterocycles. The number of hydrogen-bond donors (Lipinski definition) is 1. The summed E-state index contributed by atoms with van der Waals surface area (Å²) in [4.78, 5) is 0. The van der Waals surface area contributed by atoms with Crippen LogP contribution in [-0.4, -0.2) is 6.61 Å². The Morgan fingerprint density at radius 1 is 1.16 bits per heavy atom. The van der Waals surface area contributed by atoms with Crippen LogP contribution in [0.5, 0.6) is 5.75 Å². The second-order valence-electron chi connectivity index (χ2n) is 4.64. The van der Waals surface area contributed by atoms with Crippen molar-refractivity contribution in [1.82, 2.24) is 0 Å². The molecule has 19 heavy (non-hydrogen) atoms. The summed E-state index contributed by atoms with van der Waals surface area (Å²) in [5.74, 6) is 0.447. The fraction of sp³-hybridized carbons (Fsp3) is 0.250. The Morgan fingerprint density at radius 2 is 1.89 bits per heavy atom. The molecule has 0 aliphatic heterocycles. The lowest BCUT2D eigenvalue weighted by Crippen LogP contribution is -2.34. The van der Waals surface area contributed by atoms with E-state index < -0.39 is 5.54 Å². The van der Waals surface area contributed by atoms with Gasteiger partial charge in [0.05, 0.1) is 12.1 Å². The topological polar surface area (TPSA) is 35.2 Å². The quantitative estimate of drug-likeness (QED) is 0.912. The zero-order valence-electron chi connectivity index (χ0n) is 11.2. The third-order valence-electron chi connectivity index (χ3n) is 3.17. The maximum atomic E-state index is 13.4. The number of benzene rings is 2. The maximum absolute atomic E-state index is 13.4. The van der Waals surface area contributed by atoms with Crippen molar-refractivity contribution in [3.8, 4) is 5.75 Å². The van der Waals surface area contributed by atoms with Gasteiger partial charge in [0.1, 0.15) is 11.6 Å². The van der Waals surface area contributed by atoms with Crippen LogP contribution in [0.25, 0.3) is 0 Å². The van der Waals surface area contributed by atoms with Crippen molar-refractivity contribution in [3.05, 3.63) is 65.5 Å². The Labute approximate surface area is 113 Å². The molecule has 0 aliphatic carbocycles. The number of halogens is 1. The predicted octanol–water partition coefficient (Wildman–Crippen LogP) is 3.45. The molecule has 0 saturated carbocycles. The van der Waals surface area contributed by atoms with E-state index in [1.54, 1.807) is 6.07 Å². The standard InChI is InChI=1S/C16H18FNO/c1-3-19-15-10-5-4-9-14(15)16(2,18)12-7-6-8-13(17)11-12/h4-11H,3,18H2,1-2H3. The summed E-state index contributed by atoms with van der Waals surface area (Å²) >= 11 is 0. The lowest BCUT2D eigenvalue weighted by Gasteiger charge is -2.28. The van der Waals surface area contributed by atoms with Gasteiger partial charge in [-0.1, -0.05) is 30.3 Å². The van der Waals surface area contributed by atoms with Crippen LogP contribution in [0.15, 0.2) is 48.5 Å². The fourth-order valence-corrected chi connectivity index (χ4v) is 2.14. The van der Waals surface area contributed by atoms with Gasteiger partial charge in [0.15, 0.2) is 0 Å². The van der Waals surface area contributed by atoms with E-state index in [4.69, 9.17) is 10.5 Å². The van der Waals surface area contributed by atoms with E-state index in [-0.39, 0.29) is 5.82 Å². The van der Waals surface area contributed by atoms with E-state index in [0.29, 0.717) is 6.61 Å². The van der Waals surface area contributed by atoms with Crippen LogP contribution >= 0.6 is 0 Å². The largest absolute Gasteiger partial charge is 0.494 e. The minimum absolute atomic E-state index is 0.289. The van der Waals surface area contributed by atoms with E-state index in [2.05, 4.69) is 0 Å². The molecule has 0 aromatic heterocycles. The minimum Gasteiger partial charge on any atom is -0.494 e. The first-order chi connectivity index (χ1) is 9.05. The molecular weight excluding hydrogens is 241 g/mol. The Morgan fingerprint density at radius 3 is 2.58 bits per heavy atom.